The molecule has 10 heteroatoms. The summed E-state index contributed by atoms with van der Waals surface area (Å²) in [6, 6.07) is 10.7. The summed E-state index contributed by atoms with van der Waals surface area (Å²) in [5.41, 5.74) is 10.6. The quantitative estimate of drug-likeness (QED) is 0.421. The molecule has 3 N–H and O–H groups in total. The molecule has 0 saturated heterocycles. The van der Waals surface area contributed by atoms with Crippen LogP contribution in [-0.4, -0.2) is 35.9 Å². The van der Waals surface area contributed by atoms with Crippen molar-refractivity contribution in [3.8, 4) is 0 Å². The Balaban J connectivity index is 1.50. The van der Waals surface area contributed by atoms with Crippen molar-refractivity contribution in [2.24, 2.45) is 19.8 Å². The number of nitrogens with two attached hydrogens (primary N) is 1. The van der Waals surface area contributed by atoms with Gasteiger partial charge in [0.05, 0.1) is 5.52 Å². The molecule has 1 aliphatic rings. The molecule has 0 fully saturated rings. The van der Waals surface area contributed by atoms with Crippen LogP contribution in [0.5, 0.6) is 0 Å². The molecule has 1 atom stereocenters. The van der Waals surface area contributed by atoms with Gasteiger partial charge in [0.25, 0.3) is 5.91 Å². The van der Waals surface area contributed by atoms with E-state index in [0.717, 1.165) is 47.7 Å². The Bertz CT molecular complexity index is 1620. The van der Waals surface area contributed by atoms with Crippen molar-refractivity contribution in [1.29, 1.82) is 0 Å². The fraction of sp³-hybridized carbons (Fsp3) is 0.296. The SMILES string of the molecule is CCc1c(C2=CCC(n3cnn(C)c3=O)CC2)ccc2c1c(C(=O)Nc1cccc(C(N)=O)c1)nn2C. The third-order valence-electron chi connectivity index (χ3n) is 7.07. The predicted octanol–water partition coefficient (Wildman–Crippen LogP) is 3.19. The second kappa shape index (κ2) is 9.53. The fourth-order valence-electron chi connectivity index (χ4n) is 5.16. The molecular weight excluding hydrogens is 470 g/mol. The maximum absolute atomic E-state index is 13.4. The van der Waals surface area contributed by atoms with Crippen molar-refractivity contribution in [3.05, 3.63) is 81.7 Å². The topological polar surface area (TPSA) is 130 Å². The van der Waals surface area contributed by atoms with Crippen LogP contribution in [0.15, 0.2) is 53.6 Å². The van der Waals surface area contributed by atoms with Gasteiger partial charge in [0.1, 0.15) is 6.33 Å². The monoisotopic (exact) mass is 499 g/mol. The number of nitrogens with one attached hydrogen (secondary N) is 1. The summed E-state index contributed by atoms with van der Waals surface area (Å²) in [6.45, 7) is 2.07. The predicted molar refractivity (Wildman–Crippen MR) is 141 cm³/mol. The average Bonchev–Trinajstić information content (AvgIpc) is 3.42. The number of fused-ring (bicyclic) bond motifs is 1. The Kier molecular flexibility index (Phi) is 6.24. The summed E-state index contributed by atoms with van der Waals surface area (Å²) in [5, 5.41) is 12.3. The van der Waals surface area contributed by atoms with Crippen LogP contribution in [0.25, 0.3) is 16.5 Å². The number of carbonyl (C=O) groups excluding carboxylic acids is 2. The normalized spacial score (nSPS) is 15.5. The summed E-state index contributed by atoms with van der Waals surface area (Å²) in [7, 11) is 3.48. The van der Waals surface area contributed by atoms with Gasteiger partial charge in [-0.15, -0.1) is 0 Å². The van der Waals surface area contributed by atoms with Crippen LogP contribution >= 0.6 is 0 Å². The van der Waals surface area contributed by atoms with Crippen LogP contribution < -0.4 is 16.7 Å². The van der Waals surface area contributed by atoms with Crippen LogP contribution in [0.4, 0.5) is 5.69 Å². The lowest BCUT2D eigenvalue weighted by atomic mass is 9.86. The van der Waals surface area contributed by atoms with Crippen molar-refractivity contribution < 1.29 is 9.59 Å². The molecule has 2 aromatic carbocycles. The standard InChI is InChI=1S/C27H29N7O3/c1-4-20-21(16-8-10-19(11-9-16)34-15-29-33(3)27(34)37)12-13-22-23(20)24(31-32(22)2)26(36)30-18-7-5-6-17(14-18)25(28)35/h5-8,12-15,19H,4,9-11H2,1-3H3,(H2,28,35)(H,30,36). The highest BCUT2D eigenvalue weighted by Gasteiger charge is 2.24. The number of aromatic nitrogens is 5. The summed E-state index contributed by atoms with van der Waals surface area (Å²) >= 11 is 0. The maximum Gasteiger partial charge on any atom is 0.345 e. The maximum atomic E-state index is 13.4. The summed E-state index contributed by atoms with van der Waals surface area (Å²) in [5.74, 6) is -0.915. The molecule has 1 aliphatic carbocycles. The van der Waals surface area contributed by atoms with Crippen LogP contribution in [0.1, 0.15) is 64.2 Å². The van der Waals surface area contributed by atoms with Crippen molar-refractivity contribution in [2.45, 2.75) is 38.6 Å². The highest BCUT2D eigenvalue weighted by molar-refractivity contribution is 6.13. The van der Waals surface area contributed by atoms with Crippen LogP contribution in [0.2, 0.25) is 0 Å². The third-order valence-corrected chi connectivity index (χ3v) is 7.07. The van der Waals surface area contributed by atoms with Gasteiger partial charge >= 0.3 is 5.69 Å². The molecule has 4 aromatic rings. The number of hydrogen-bond acceptors (Lipinski definition) is 5. The van der Waals surface area contributed by atoms with E-state index in [9.17, 15) is 14.4 Å². The van der Waals surface area contributed by atoms with Crippen LogP contribution in [-0.2, 0) is 20.5 Å². The van der Waals surface area contributed by atoms with Crippen LogP contribution in [0.3, 0.4) is 0 Å². The van der Waals surface area contributed by atoms with Gasteiger partial charge in [-0.2, -0.15) is 10.2 Å². The average molecular weight is 500 g/mol. The van der Waals surface area contributed by atoms with E-state index >= 15 is 0 Å². The number of nitrogens with zero attached hydrogens (tertiary/aromatic N) is 5. The van der Waals surface area contributed by atoms with E-state index in [1.807, 2.05) is 13.1 Å². The number of hydrogen-bond donors (Lipinski definition) is 2. The zero-order chi connectivity index (χ0) is 26.3. The zero-order valence-electron chi connectivity index (χ0n) is 21.1. The lowest BCUT2D eigenvalue weighted by molar-refractivity contribution is 0.0995. The number of carbonyl (C=O) groups is 2. The number of rotatable bonds is 6. The lowest BCUT2D eigenvalue weighted by Crippen LogP contribution is -2.27. The minimum Gasteiger partial charge on any atom is -0.366 e. The lowest BCUT2D eigenvalue weighted by Gasteiger charge is -2.24. The minimum absolute atomic E-state index is 0.0784. The Morgan fingerprint density at radius 3 is 2.62 bits per heavy atom. The molecule has 10 nitrogen and oxygen atoms in total. The van der Waals surface area contributed by atoms with E-state index in [-0.39, 0.29) is 17.6 Å². The number of primary amides is 1. The van der Waals surface area contributed by atoms with Gasteiger partial charge in [0, 0.05) is 36.8 Å². The number of allylic oxidation sites excluding steroid dienone is 2. The van der Waals surface area contributed by atoms with E-state index in [4.69, 9.17) is 5.73 Å². The molecule has 2 amide bonds. The highest BCUT2D eigenvalue weighted by Crippen LogP contribution is 2.37. The van der Waals surface area contributed by atoms with Gasteiger partial charge in [-0.05, 0) is 66.6 Å². The summed E-state index contributed by atoms with van der Waals surface area (Å²) < 4.78 is 4.77. The Labute approximate surface area is 213 Å². The van der Waals surface area contributed by atoms with E-state index in [2.05, 4.69) is 34.6 Å². The molecular formula is C27H29N7O3. The summed E-state index contributed by atoms with van der Waals surface area (Å²) in [4.78, 5) is 37.2. The molecule has 1 unspecified atom stereocenters. The van der Waals surface area contributed by atoms with Crippen molar-refractivity contribution in [2.75, 3.05) is 5.32 Å². The van der Waals surface area contributed by atoms with Gasteiger partial charge < -0.3 is 11.1 Å². The fourth-order valence-corrected chi connectivity index (χ4v) is 5.16. The highest BCUT2D eigenvalue weighted by atomic mass is 16.2. The minimum atomic E-state index is -0.561. The van der Waals surface area contributed by atoms with Crippen molar-refractivity contribution >= 4 is 34.0 Å². The van der Waals surface area contributed by atoms with Crippen molar-refractivity contribution in [3.63, 3.8) is 0 Å². The van der Waals surface area contributed by atoms with Gasteiger partial charge in [-0.25, -0.2) is 9.48 Å². The van der Waals surface area contributed by atoms with E-state index in [0.29, 0.717) is 16.9 Å². The second-order valence-electron chi connectivity index (χ2n) is 9.31. The second-order valence-corrected chi connectivity index (χ2v) is 9.31. The molecule has 2 heterocycles. The molecule has 0 aliphatic heterocycles. The molecule has 5 rings (SSSR count). The molecule has 0 saturated carbocycles. The number of aryl methyl sites for hydroxylation is 3. The molecule has 37 heavy (non-hydrogen) atoms. The smallest absolute Gasteiger partial charge is 0.345 e. The molecule has 190 valence electrons. The van der Waals surface area contributed by atoms with Gasteiger partial charge in [0.2, 0.25) is 5.91 Å². The number of amides is 2. The van der Waals surface area contributed by atoms with Gasteiger partial charge in [-0.3, -0.25) is 18.8 Å². The first-order valence-corrected chi connectivity index (χ1v) is 12.3. The number of benzene rings is 2. The van der Waals surface area contributed by atoms with E-state index < -0.39 is 5.91 Å². The number of anilines is 1. The van der Waals surface area contributed by atoms with Crippen LogP contribution in [0, 0.1) is 0 Å². The third kappa shape index (κ3) is 4.35. The van der Waals surface area contributed by atoms with Gasteiger partial charge in [-0.1, -0.05) is 25.1 Å². The first kappa shape index (κ1) is 24.2. The first-order valence-electron chi connectivity index (χ1n) is 12.3. The van der Waals surface area contributed by atoms with E-state index in [1.165, 1.54) is 10.3 Å². The first-order chi connectivity index (χ1) is 17.8. The summed E-state index contributed by atoms with van der Waals surface area (Å²) in [6.07, 6.45) is 6.90. The largest absolute Gasteiger partial charge is 0.366 e. The molecule has 0 spiro atoms. The molecule has 2 aromatic heterocycles. The zero-order valence-corrected chi connectivity index (χ0v) is 21.1. The van der Waals surface area contributed by atoms with Crippen molar-refractivity contribution in [1.82, 2.24) is 24.1 Å². The Hall–Kier alpha value is -4.47. The van der Waals surface area contributed by atoms with E-state index in [1.54, 1.807) is 46.9 Å². The molecule has 0 radical (unpaired) electrons. The Morgan fingerprint density at radius 1 is 1.16 bits per heavy atom. The molecule has 0 bridgehead atoms. The van der Waals surface area contributed by atoms with Gasteiger partial charge in [0.15, 0.2) is 5.69 Å². The Morgan fingerprint density at radius 2 is 1.97 bits per heavy atom.